The maximum absolute atomic E-state index is 11.5. The number of hydrogen-bond acceptors (Lipinski definition) is 2. The molecule has 0 heterocycles. The van der Waals surface area contributed by atoms with E-state index < -0.39 is 17.4 Å². The molecule has 2 unspecified atom stereocenters. The molecule has 0 radical (unpaired) electrons. The predicted molar refractivity (Wildman–Crippen MR) is 59.1 cm³/mol. The minimum atomic E-state index is -1.04. The van der Waals surface area contributed by atoms with E-state index in [1.807, 2.05) is 13.8 Å². The molecule has 1 aliphatic rings. The van der Waals surface area contributed by atoms with E-state index >= 15 is 0 Å². The van der Waals surface area contributed by atoms with E-state index in [0.717, 1.165) is 19.3 Å². The van der Waals surface area contributed by atoms with Gasteiger partial charge in [-0.05, 0) is 24.7 Å². The molecule has 4 nitrogen and oxygen atoms in total. The largest absolute Gasteiger partial charge is 0.481 e. The third-order valence-corrected chi connectivity index (χ3v) is 3.80. The van der Waals surface area contributed by atoms with Gasteiger partial charge in [-0.25, -0.2) is 0 Å². The van der Waals surface area contributed by atoms with E-state index in [1.165, 1.54) is 0 Å². The van der Waals surface area contributed by atoms with Crippen LogP contribution in [-0.2, 0) is 9.59 Å². The van der Waals surface area contributed by atoms with E-state index in [1.54, 1.807) is 0 Å². The van der Waals surface area contributed by atoms with E-state index in [4.69, 9.17) is 5.11 Å². The Labute approximate surface area is 95.7 Å². The Morgan fingerprint density at radius 3 is 2.38 bits per heavy atom. The predicted octanol–water partition coefficient (Wildman–Crippen LogP) is 2.38. The zero-order valence-corrected chi connectivity index (χ0v) is 9.90. The van der Waals surface area contributed by atoms with Gasteiger partial charge in [0.25, 0.3) is 0 Å². The minimum absolute atomic E-state index is 0.0187. The summed E-state index contributed by atoms with van der Waals surface area (Å²) in [5.41, 5.74) is -1.04. The highest BCUT2D eigenvalue weighted by atomic mass is 16.4. The first-order chi connectivity index (χ1) is 7.40. The second-order valence-corrected chi connectivity index (χ2v) is 5.13. The lowest BCUT2D eigenvalue weighted by Crippen LogP contribution is -2.45. The lowest BCUT2D eigenvalue weighted by molar-refractivity contribution is -0.164. The number of rotatable bonds is 4. The Bertz CT molecular complexity index is 285. The van der Waals surface area contributed by atoms with E-state index in [0.29, 0.717) is 6.42 Å². The van der Waals surface area contributed by atoms with Gasteiger partial charge in [-0.3, -0.25) is 9.59 Å². The standard InChI is InChI=1S/C12H20O4/c1-8(2)9-5-3-4-6-12(9,11(15)16)7-10(13)14/h8-9H,3-7H2,1-2H3,(H,13,14)(H,15,16). The lowest BCUT2D eigenvalue weighted by atomic mass is 9.61. The molecule has 2 atom stereocenters. The van der Waals surface area contributed by atoms with Gasteiger partial charge in [0.15, 0.2) is 0 Å². The average Bonchev–Trinajstić information content (AvgIpc) is 2.16. The quantitative estimate of drug-likeness (QED) is 0.774. The molecular weight excluding hydrogens is 208 g/mol. The van der Waals surface area contributed by atoms with E-state index in [9.17, 15) is 14.7 Å². The fourth-order valence-corrected chi connectivity index (χ4v) is 3.07. The third kappa shape index (κ3) is 2.36. The summed E-state index contributed by atoms with van der Waals surface area (Å²) in [6.07, 6.45) is 2.92. The summed E-state index contributed by atoms with van der Waals surface area (Å²) >= 11 is 0. The molecule has 4 heteroatoms. The van der Waals surface area contributed by atoms with Crippen molar-refractivity contribution in [3.05, 3.63) is 0 Å². The first-order valence-corrected chi connectivity index (χ1v) is 5.85. The number of aliphatic carboxylic acids is 2. The maximum Gasteiger partial charge on any atom is 0.310 e. The summed E-state index contributed by atoms with van der Waals surface area (Å²) in [5.74, 6) is -1.74. The topological polar surface area (TPSA) is 74.6 Å². The first-order valence-electron chi connectivity index (χ1n) is 5.85. The molecule has 0 saturated heterocycles. The minimum Gasteiger partial charge on any atom is -0.481 e. The van der Waals surface area contributed by atoms with Crippen LogP contribution in [0.5, 0.6) is 0 Å². The zero-order valence-electron chi connectivity index (χ0n) is 9.90. The van der Waals surface area contributed by atoms with E-state index in [-0.39, 0.29) is 18.3 Å². The summed E-state index contributed by atoms with van der Waals surface area (Å²) in [5, 5.41) is 18.3. The highest BCUT2D eigenvalue weighted by Crippen LogP contribution is 2.47. The summed E-state index contributed by atoms with van der Waals surface area (Å²) < 4.78 is 0. The lowest BCUT2D eigenvalue weighted by Gasteiger charge is -2.42. The van der Waals surface area contributed by atoms with Gasteiger partial charge in [0.2, 0.25) is 0 Å². The Morgan fingerprint density at radius 1 is 1.31 bits per heavy atom. The van der Waals surface area contributed by atoms with Crippen molar-refractivity contribution in [2.75, 3.05) is 0 Å². The molecule has 0 amide bonds. The zero-order chi connectivity index (χ0) is 12.3. The van der Waals surface area contributed by atoms with Crippen LogP contribution in [0.25, 0.3) is 0 Å². The second-order valence-electron chi connectivity index (χ2n) is 5.13. The van der Waals surface area contributed by atoms with Crippen molar-refractivity contribution in [2.24, 2.45) is 17.3 Å². The number of carbonyl (C=O) groups is 2. The van der Waals surface area contributed by atoms with Crippen LogP contribution in [-0.4, -0.2) is 22.2 Å². The van der Waals surface area contributed by atoms with Crippen molar-refractivity contribution in [3.63, 3.8) is 0 Å². The van der Waals surface area contributed by atoms with Gasteiger partial charge >= 0.3 is 11.9 Å². The van der Waals surface area contributed by atoms with Gasteiger partial charge in [0.1, 0.15) is 0 Å². The SMILES string of the molecule is CC(C)C1CCCCC1(CC(=O)O)C(=O)O. The van der Waals surface area contributed by atoms with Crippen LogP contribution < -0.4 is 0 Å². The Kier molecular flexibility index (Phi) is 3.94. The molecule has 0 bridgehead atoms. The van der Waals surface area contributed by atoms with Gasteiger partial charge in [-0.2, -0.15) is 0 Å². The van der Waals surface area contributed by atoms with Crippen LogP contribution in [0.3, 0.4) is 0 Å². The summed E-state index contributed by atoms with van der Waals surface area (Å²) in [4.78, 5) is 22.3. The van der Waals surface area contributed by atoms with Crippen LogP contribution >= 0.6 is 0 Å². The van der Waals surface area contributed by atoms with Crippen LogP contribution in [0.15, 0.2) is 0 Å². The normalized spacial score (nSPS) is 30.3. The van der Waals surface area contributed by atoms with Crippen molar-refractivity contribution in [2.45, 2.75) is 46.0 Å². The summed E-state index contributed by atoms with van der Waals surface area (Å²) in [6.45, 7) is 3.96. The number of hydrogen-bond donors (Lipinski definition) is 2. The second kappa shape index (κ2) is 4.85. The van der Waals surface area contributed by atoms with Crippen LogP contribution in [0.4, 0.5) is 0 Å². The van der Waals surface area contributed by atoms with Crippen LogP contribution in [0.2, 0.25) is 0 Å². The van der Waals surface area contributed by atoms with Gasteiger partial charge in [-0.1, -0.05) is 26.7 Å². The van der Waals surface area contributed by atoms with Crippen molar-refractivity contribution >= 4 is 11.9 Å². The molecule has 0 aliphatic heterocycles. The fourth-order valence-electron chi connectivity index (χ4n) is 3.07. The van der Waals surface area contributed by atoms with Gasteiger partial charge < -0.3 is 10.2 Å². The molecule has 92 valence electrons. The molecule has 1 aliphatic carbocycles. The van der Waals surface area contributed by atoms with Gasteiger partial charge in [0.05, 0.1) is 11.8 Å². The summed E-state index contributed by atoms with van der Waals surface area (Å²) in [7, 11) is 0. The molecule has 0 spiro atoms. The maximum atomic E-state index is 11.5. The molecule has 2 N–H and O–H groups in total. The molecule has 16 heavy (non-hydrogen) atoms. The molecular formula is C12H20O4. The van der Waals surface area contributed by atoms with E-state index in [2.05, 4.69) is 0 Å². The Hall–Kier alpha value is -1.06. The smallest absolute Gasteiger partial charge is 0.310 e. The number of carboxylic acid groups (broad SMARTS) is 2. The van der Waals surface area contributed by atoms with Crippen LogP contribution in [0.1, 0.15) is 46.0 Å². The summed E-state index contributed by atoms with van der Waals surface area (Å²) in [6, 6.07) is 0. The molecule has 1 saturated carbocycles. The Balaban J connectivity index is 3.02. The molecule has 1 fully saturated rings. The highest BCUT2D eigenvalue weighted by molar-refractivity contribution is 5.82. The first kappa shape index (κ1) is 13.0. The average molecular weight is 228 g/mol. The monoisotopic (exact) mass is 228 g/mol. The fraction of sp³-hybridized carbons (Fsp3) is 0.833. The molecule has 0 aromatic rings. The molecule has 0 aromatic carbocycles. The van der Waals surface area contributed by atoms with Crippen molar-refractivity contribution in [1.82, 2.24) is 0 Å². The molecule has 0 aromatic heterocycles. The van der Waals surface area contributed by atoms with Crippen LogP contribution in [0, 0.1) is 17.3 Å². The number of carboxylic acids is 2. The Morgan fingerprint density at radius 2 is 1.94 bits per heavy atom. The van der Waals surface area contributed by atoms with Crippen molar-refractivity contribution in [1.29, 1.82) is 0 Å². The van der Waals surface area contributed by atoms with Gasteiger partial charge in [0, 0.05) is 0 Å². The van der Waals surface area contributed by atoms with Crippen molar-refractivity contribution < 1.29 is 19.8 Å². The van der Waals surface area contributed by atoms with Crippen molar-refractivity contribution in [3.8, 4) is 0 Å². The van der Waals surface area contributed by atoms with Gasteiger partial charge in [-0.15, -0.1) is 0 Å². The third-order valence-electron chi connectivity index (χ3n) is 3.80. The highest BCUT2D eigenvalue weighted by Gasteiger charge is 2.49. The molecule has 1 rings (SSSR count).